The number of hydrogen-bond donors (Lipinski definition) is 0. The van der Waals surface area contributed by atoms with Crippen LogP contribution in [0.15, 0.2) is 18.2 Å². The Morgan fingerprint density at radius 3 is 2.38 bits per heavy atom. The molecule has 0 N–H and O–H groups in total. The minimum absolute atomic E-state index is 0.340. The van der Waals surface area contributed by atoms with Crippen molar-refractivity contribution in [3.63, 3.8) is 0 Å². The topological polar surface area (TPSA) is 29.5 Å². The highest BCUT2D eigenvalue weighted by molar-refractivity contribution is 5.70. The fourth-order valence-corrected chi connectivity index (χ4v) is 2.24. The van der Waals surface area contributed by atoms with Crippen molar-refractivity contribution in [2.45, 2.75) is 32.6 Å². The zero-order valence-corrected chi connectivity index (χ0v) is 14.3. The van der Waals surface area contributed by atoms with Gasteiger partial charge < -0.3 is 9.64 Å². The van der Waals surface area contributed by atoms with Gasteiger partial charge in [-0.15, -0.1) is 0 Å². The molecule has 1 rings (SSSR count). The smallest absolute Gasteiger partial charge is 0.410 e. The number of carbonyl (C=O) groups excluding carboxylic acids is 1. The van der Waals surface area contributed by atoms with Gasteiger partial charge in [-0.3, -0.25) is 4.48 Å². The Kier molecular flexibility index (Phi) is 6.21. The summed E-state index contributed by atoms with van der Waals surface area (Å²) < 4.78 is 6.14. The monoisotopic (exact) mass is 293 g/mol. The maximum Gasteiger partial charge on any atom is 0.414 e. The Labute approximate surface area is 128 Å². The summed E-state index contributed by atoms with van der Waals surface area (Å²) in [4.78, 5) is 13.1. The summed E-state index contributed by atoms with van der Waals surface area (Å²) in [5.41, 5.74) is 2.54. The molecule has 21 heavy (non-hydrogen) atoms. The fraction of sp³-hybridized carbons (Fsp3) is 0.588. The van der Waals surface area contributed by atoms with Gasteiger partial charge in [-0.25, -0.2) is 4.79 Å². The van der Waals surface area contributed by atoms with Crippen molar-refractivity contribution in [3.8, 4) is 5.75 Å². The van der Waals surface area contributed by atoms with Crippen molar-refractivity contribution in [2.24, 2.45) is 0 Å². The first-order valence-corrected chi connectivity index (χ1v) is 7.59. The van der Waals surface area contributed by atoms with Crippen LogP contribution in [0, 0.1) is 0 Å². The lowest BCUT2D eigenvalue weighted by atomic mass is 10.0. The molecule has 0 saturated carbocycles. The molecular formula is C17H29N2O2+. The molecule has 0 aliphatic rings. The summed E-state index contributed by atoms with van der Waals surface area (Å²) >= 11 is 0. The molecule has 0 saturated heterocycles. The number of ether oxygens (including phenoxy) is 1. The molecule has 0 atom stereocenters. The second kappa shape index (κ2) is 7.46. The minimum Gasteiger partial charge on any atom is -0.410 e. The SMILES string of the molecule is CCCCCc1cc(OC(=O)N(C)C)ccc1[N+](C)(C)C. The standard InChI is InChI=1S/C17H29N2O2/c1-7-8-9-10-14-13-15(21-17(20)18(2)3)11-12-16(14)19(4,5)6/h11-13H,7-10H2,1-6H3/q+1. The van der Waals surface area contributed by atoms with E-state index in [2.05, 4.69) is 34.1 Å². The highest BCUT2D eigenvalue weighted by atomic mass is 16.6. The Balaban J connectivity index is 2.99. The van der Waals surface area contributed by atoms with Crippen LogP contribution in [0.25, 0.3) is 0 Å². The lowest BCUT2D eigenvalue weighted by Gasteiger charge is -2.26. The lowest BCUT2D eigenvalue weighted by molar-refractivity contribution is 0.172. The van der Waals surface area contributed by atoms with E-state index in [9.17, 15) is 4.79 Å². The number of rotatable bonds is 6. The number of unbranched alkanes of at least 4 members (excludes halogenated alkanes) is 2. The van der Waals surface area contributed by atoms with Gasteiger partial charge in [-0.1, -0.05) is 19.8 Å². The fourth-order valence-electron chi connectivity index (χ4n) is 2.24. The van der Waals surface area contributed by atoms with Gasteiger partial charge in [0.2, 0.25) is 0 Å². The lowest BCUT2D eigenvalue weighted by Crippen LogP contribution is -2.35. The molecule has 0 aliphatic carbocycles. The van der Waals surface area contributed by atoms with Crippen LogP contribution in [-0.4, -0.2) is 46.2 Å². The van der Waals surface area contributed by atoms with E-state index in [1.165, 1.54) is 29.0 Å². The van der Waals surface area contributed by atoms with Crippen molar-refractivity contribution < 1.29 is 9.53 Å². The van der Waals surface area contributed by atoms with Gasteiger partial charge in [-0.05, 0) is 25.0 Å². The molecule has 0 bridgehead atoms. The van der Waals surface area contributed by atoms with E-state index in [1.54, 1.807) is 14.1 Å². The van der Waals surface area contributed by atoms with Crippen molar-refractivity contribution in [1.29, 1.82) is 0 Å². The van der Waals surface area contributed by atoms with Gasteiger partial charge in [0.05, 0.1) is 21.1 Å². The molecule has 0 aliphatic heterocycles. The number of carbonyl (C=O) groups is 1. The molecule has 0 aromatic heterocycles. The second-order valence-electron chi connectivity index (χ2n) is 6.52. The van der Waals surface area contributed by atoms with Gasteiger partial charge >= 0.3 is 6.09 Å². The number of nitrogens with zero attached hydrogens (tertiary/aromatic N) is 2. The minimum atomic E-state index is -0.340. The summed E-state index contributed by atoms with van der Waals surface area (Å²) in [6, 6.07) is 5.96. The first-order valence-electron chi connectivity index (χ1n) is 7.59. The molecule has 118 valence electrons. The molecule has 1 aromatic carbocycles. The third-order valence-corrected chi connectivity index (χ3v) is 3.39. The number of benzene rings is 1. The zero-order valence-electron chi connectivity index (χ0n) is 14.3. The van der Waals surface area contributed by atoms with E-state index in [4.69, 9.17) is 4.74 Å². The van der Waals surface area contributed by atoms with E-state index in [0.29, 0.717) is 5.75 Å². The number of quaternary nitrogens is 1. The maximum absolute atomic E-state index is 11.7. The van der Waals surface area contributed by atoms with E-state index in [0.717, 1.165) is 17.3 Å². The van der Waals surface area contributed by atoms with Crippen molar-refractivity contribution in [1.82, 2.24) is 9.38 Å². The molecule has 0 fully saturated rings. The highest BCUT2D eigenvalue weighted by Gasteiger charge is 2.19. The summed E-state index contributed by atoms with van der Waals surface area (Å²) in [6.07, 6.45) is 4.26. The molecule has 1 aromatic rings. The average molecular weight is 293 g/mol. The van der Waals surface area contributed by atoms with Gasteiger partial charge in [-0.2, -0.15) is 0 Å². The van der Waals surface area contributed by atoms with Crippen LogP contribution in [-0.2, 0) is 6.42 Å². The molecule has 0 radical (unpaired) electrons. The Hall–Kier alpha value is -1.55. The van der Waals surface area contributed by atoms with Gasteiger partial charge in [0, 0.05) is 25.7 Å². The average Bonchev–Trinajstić information content (AvgIpc) is 2.37. The molecule has 4 heteroatoms. The first kappa shape index (κ1) is 17.5. The first-order chi connectivity index (χ1) is 9.75. The summed E-state index contributed by atoms with van der Waals surface area (Å²) in [5.74, 6) is 0.623. The van der Waals surface area contributed by atoms with Crippen LogP contribution >= 0.6 is 0 Å². The summed E-state index contributed by atoms with van der Waals surface area (Å²) in [6.45, 7) is 2.20. The molecule has 1 amide bonds. The Morgan fingerprint density at radius 1 is 1.19 bits per heavy atom. The molecule has 0 heterocycles. The van der Waals surface area contributed by atoms with Crippen LogP contribution in [0.2, 0.25) is 0 Å². The van der Waals surface area contributed by atoms with E-state index in [1.807, 2.05) is 12.1 Å². The van der Waals surface area contributed by atoms with Crippen LogP contribution in [0.1, 0.15) is 31.7 Å². The van der Waals surface area contributed by atoms with Crippen molar-refractivity contribution in [2.75, 3.05) is 35.2 Å². The predicted molar refractivity (Wildman–Crippen MR) is 88.9 cm³/mol. The second-order valence-corrected chi connectivity index (χ2v) is 6.52. The van der Waals surface area contributed by atoms with Gasteiger partial charge in [0.25, 0.3) is 0 Å². The highest BCUT2D eigenvalue weighted by Crippen LogP contribution is 2.29. The quantitative estimate of drug-likeness (QED) is 0.591. The third kappa shape index (κ3) is 5.38. The number of aryl methyl sites for hydroxylation is 1. The van der Waals surface area contributed by atoms with E-state index < -0.39 is 0 Å². The molecule has 0 unspecified atom stereocenters. The van der Waals surface area contributed by atoms with Gasteiger partial charge in [0.1, 0.15) is 11.4 Å². The predicted octanol–water partition coefficient (Wildman–Crippen LogP) is 3.68. The Bertz CT molecular complexity index is 476. The third-order valence-electron chi connectivity index (χ3n) is 3.39. The summed E-state index contributed by atoms with van der Waals surface area (Å²) in [5, 5.41) is 0. The summed E-state index contributed by atoms with van der Waals surface area (Å²) in [7, 11) is 9.84. The maximum atomic E-state index is 11.7. The molecule has 4 nitrogen and oxygen atoms in total. The van der Waals surface area contributed by atoms with Crippen LogP contribution in [0.4, 0.5) is 10.5 Å². The van der Waals surface area contributed by atoms with E-state index in [-0.39, 0.29) is 6.09 Å². The number of amides is 1. The Morgan fingerprint density at radius 2 is 1.86 bits per heavy atom. The van der Waals surface area contributed by atoms with Crippen molar-refractivity contribution >= 4 is 11.8 Å². The molecule has 0 spiro atoms. The van der Waals surface area contributed by atoms with Crippen LogP contribution in [0.5, 0.6) is 5.75 Å². The normalized spacial score (nSPS) is 11.3. The van der Waals surface area contributed by atoms with Crippen molar-refractivity contribution in [3.05, 3.63) is 23.8 Å². The van der Waals surface area contributed by atoms with Crippen LogP contribution < -0.4 is 9.22 Å². The van der Waals surface area contributed by atoms with Crippen LogP contribution in [0.3, 0.4) is 0 Å². The number of hydrogen-bond acceptors (Lipinski definition) is 2. The molecular weight excluding hydrogens is 264 g/mol. The zero-order chi connectivity index (χ0) is 16.0. The largest absolute Gasteiger partial charge is 0.414 e. The van der Waals surface area contributed by atoms with Gasteiger partial charge in [0.15, 0.2) is 0 Å². The van der Waals surface area contributed by atoms with E-state index >= 15 is 0 Å².